The number of nitrogens with one attached hydrogen (secondary N) is 3. The van der Waals surface area contributed by atoms with E-state index in [9.17, 15) is 18.0 Å². The third-order valence-corrected chi connectivity index (χ3v) is 6.19. The normalized spacial score (nSPS) is 11.3. The molecule has 29 heavy (non-hydrogen) atoms. The first-order valence-corrected chi connectivity index (χ1v) is 11.1. The molecule has 0 atom stereocenters. The van der Waals surface area contributed by atoms with E-state index >= 15 is 0 Å². The van der Waals surface area contributed by atoms with Crippen molar-refractivity contribution in [1.82, 2.24) is 15.5 Å². The molecule has 1 aromatic carbocycles. The number of carbonyl (C=O) groups excluding carboxylic acids is 2. The van der Waals surface area contributed by atoms with Crippen LogP contribution in [-0.4, -0.2) is 50.7 Å². The van der Waals surface area contributed by atoms with Gasteiger partial charge in [0.05, 0.1) is 11.3 Å². The summed E-state index contributed by atoms with van der Waals surface area (Å²) in [4.78, 5) is 24.1. The largest absolute Gasteiger partial charge is 0.385 e. The van der Waals surface area contributed by atoms with E-state index in [0.29, 0.717) is 19.6 Å². The second kappa shape index (κ2) is 10.3. The van der Waals surface area contributed by atoms with E-state index in [1.165, 1.54) is 12.1 Å². The highest BCUT2D eigenvalue weighted by Gasteiger charge is 2.23. The highest BCUT2D eigenvalue weighted by molar-refractivity contribution is 7.94. The van der Waals surface area contributed by atoms with Gasteiger partial charge in [-0.25, -0.2) is 0 Å². The molecule has 10 nitrogen and oxygen atoms in total. The van der Waals surface area contributed by atoms with Gasteiger partial charge in [0, 0.05) is 26.2 Å². The van der Waals surface area contributed by atoms with E-state index in [0.717, 1.165) is 11.3 Å². The first kappa shape index (κ1) is 22.7. The summed E-state index contributed by atoms with van der Waals surface area (Å²) in [5.41, 5.74) is 0.283. The van der Waals surface area contributed by atoms with E-state index in [-0.39, 0.29) is 32.5 Å². The maximum absolute atomic E-state index is 12.6. The van der Waals surface area contributed by atoms with E-state index < -0.39 is 15.9 Å². The summed E-state index contributed by atoms with van der Waals surface area (Å²) in [7, 11) is -2.52. The van der Waals surface area contributed by atoms with Crippen molar-refractivity contribution < 1.29 is 22.7 Å². The molecule has 0 aliphatic rings. The van der Waals surface area contributed by atoms with Gasteiger partial charge in [-0.3, -0.25) is 14.3 Å². The quantitative estimate of drug-likeness (QED) is 0.377. The van der Waals surface area contributed by atoms with Crippen molar-refractivity contribution in [2.45, 2.75) is 24.6 Å². The van der Waals surface area contributed by atoms with Crippen molar-refractivity contribution in [3.8, 4) is 0 Å². The summed E-state index contributed by atoms with van der Waals surface area (Å²) < 4.78 is 32.2. The Morgan fingerprint density at radius 1 is 1.21 bits per heavy atom. The van der Waals surface area contributed by atoms with Gasteiger partial charge in [-0.05, 0) is 18.6 Å². The zero-order valence-corrected chi connectivity index (χ0v) is 17.9. The number of methoxy groups -OCH3 is 1. The van der Waals surface area contributed by atoms with Crippen LogP contribution in [0.1, 0.15) is 30.6 Å². The summed E-state index contributed by atoms with van der Waals surface area (Å²) in [6.07, 6.45) is 0.631. The molecule has 0 bridgehead atoms. The number of hydrogen-bond donors (Lipinski definition) is 3. The number of sulfonamides is 1. The van der Waals surface area contributed by atoms with Crippen LogP contribution in [0, 0.1) is 5.92 Å². The summed E-state index contributed by atoms with van der Waals surface area (Å²) in [5.74, 6) is -0.999. The van der Waals surface area contributed by atoms with Crippen molar-refractivity contribution in [2.75, 3.05) is 30.3 Å². The molecule has 0 saturated heterocycles. The van der Waals surface area contributed by atoms with Gasteiger partial charge < -0.3 is 15.4 Å². The Balaban J connectivity index is 2.14. The fourth-order valence-electron chi connectivity index (χ4n) is 2.09. The second-order valence-corrected chi connectivity index (χ2v) is 9.10. The SMILES string of the molecule is COCCCNC(=O)c1ccccc1NS(=O)(=O)c1nnc(NC(=O)C(C)C)s1. The maximum atomic E-state index is 12.6. The van der Waals surface area contributed by atoms with E-state index in [4.69, 9.17) is 4.74 Å². The summed E-state index contributed by atoms with van der Waals surface area (Å²) in [6, 6.07) is 6.22. The fourth-order valence-corrected chi connectivity index (χ4v) is 4.07. The molecule has 0 unspecified atom stereocenters. The van der Waals surface area contributed by atoms with Gasteiger partial charge >= 0.3 is 0 Å². The topological polar surface area (TPSA) is 139 Å². The van der Waals surface area contributed by atoms with Crippen LogP contribution in [0.2, 0.25) is 0 Å². The molecular formula is C17H23N5O5S2. The Morgan fingerprint density at radius 3 is 2.62 bits per heavy atom. The highest BCUT2D eigenvalue weighted by Crippen LogP contribution is 2.24. The van der Waals surface area contributed by atoms with Crippen molar-refractivity contribution in [2.24, 2.45) is 5.92 Å². The van der Waals surface area contributed by atoms with Crippen LogP contribution in [0.3, 0.4) is 0 Å². The van der Waals surface area contributed by atoms with E-state index in [1.807, 2.05) is 0 Å². The number of ether oxygens (including phenoxy) is 1. The van der Waals surface area contributed by atoms with E-state index in [2.05, 4.69) is 25.6 Å². The van der Waals surface area contributed by atoms with Crippen LogP contribution in [-0.2, 0) is 19.6 Å². The number of nitrogens with zero attached hydrogens (tertiary/aromatic N) is 2. The Labute approximate surface area is 173 Å². The van der Waals surface area contributed by atoms with Gasteiger partial charge in [0.25, 0.3) is 20.3 Å². The third-order valence-electron chi connectivity index (χ3n) is 3.62. The maximum Gasteiger partial charge on any atom is 0.291 e. The number of anilines is 2. The molecular weight excluding hydrogens is 418 g/mol. The van der Waals surface area contributed by atoms with Gasteiger partial charge in [0.1, 0.15) is 0 Å². The number of aromatic nitrogens is 2. The molecule has 3 N–H and O–H groups in total. The van der Waals surface area contributed by atoms with Gasteiger partial charge in [0.15, 0.2) is 0 Å². The second-order valence-electron chi connectivity index (χ2n) is 6.27. The molecule has 0 spiro atoms. The molecule has 2 amide bonds. The Bertz CT molecular complexity index is 959. The van der Waals surface area contributed by atoms with Crippen LogP contribution in [0.25, 0.3) is 0 Å². The lowest BCUT2D eigenvalue weighted by atomic mass is 10.1. The molecule has 0 fully saturated rings. The number of hydrogen-bond acceptors (Lipinski definition) is 8. The molecule has 1 aromatic heterocycles. The monoisotopic (exact) mass is 441 g/mol. The van der Waals surface area contributed by atoms with Crippen LogP contribution < -0.4 is 15.4 Å². The lowest BCUT2D eigenvalue weighted by Crippen LogP contribution is -2.26. The third kappa shape index (κ3) is 6.48. The zero-order valence-electron chi connectivity index (χ0n) is 16.3. The van der Waals surface area contributed by atoms with Gasteiger partial charge in [-0.1, -0.05) is 37.3 Å². The number of benzene rings is 1. The molecule has 0 aliphatic carbocycles. The van der Waals surface area contributed by atoms with Crippen LogP contribution in [0.5, 0.6) is 0 Å². The van der Waals surface area contributed by atoms with Gasteiger partial charge in [-0.2, -0.15) is 8.42 Å². The Kier molecular flexibility index (Phi) is 8.05. The average Bonchev–Trinajstić information content (AvgIpc) is 3.14. The molecule has 0 aliphatic heterocycles. The minimum absolute atomic E-state index is 0.0771. The molecule has 158 valence electrons. The molecule has 0 saturated carbocycles. The number of para-hydroxylation sites is 1. The van der Waals surface area contributed by atoms with Crippen LogP contribution >= 0.6 is 11.3 Å². The predicted octanol–water partition coefficient (Wildman–Crippen LogP) is 1.70. The van der Waals surface area contributed by atoms with Crippen LogP contribution in [0.15, 0.2) is 28.6 Å². The molecule has 2 aromatic rings. The first-order chi connectivity index (χ1) is 13.7. The smallest absolute Gasteiger partial charge is 0.291 e. The lowest BCUT2D eigenvalue weighted by molar-refractivity contribution is -0.118. The zero-order chi connectivity index (χ0) is 21.4. The number of amides is 2. The van der Waals surface area contributed by atoms with Crippen molar-refractivity contribution >= 4 is 44.0 Å². The van der Waals surface area contributed by atoms with Crippen molar-refractivity contribution in [3.63, 3.8) is 0 Å². The first-order valence-electron chi connectivity index (χ1n) is 8.78. The molecule has 2 rings (SSSR count). The molecule has 0 radical (unpaired) electrons. The minimum Gasteiger partial charge on any atom is -0.385 e. The predicted molar refractivity (Wildman–Crippen MR) is 109 cm³/mol. The number of rotatable bonds is 10. The minimum atomic E-state index is -4.09. The molecule has 1 heterocycles. The average molecular weight is 442 g/mol. The van der Waals surface area contributed by atoms with Gasteiger partial charge in [0.2, 0.25) is 11.0 Å². The molecule has 12 heteroatoms. The fraction of sp³-hybridized carbons (Fsp3) is 0.412. The van der Waals surface area contributed by atoms with Gasteiger partial charge in [-0.15, -0.1) is 10.2 Å². The lowest BCUT2D eigenvalue weighted by Gasteiger charge is -2.11. The Hall–Kier alpha value is -2.57. The summed E-state index contributed by atoms with van der Waals surface area (Å²) >= 11 is 0.719. The summed E-state index contributed by atoms with van der Waals surface area (Å²) in [5, 5.41) is 12.6. The highest BCUT2D eigenvalue weighted by atomic mass is 32.2. The number of carbonyl (C=O) groups is 2. The van der Waals surface area contributed by atoms with Crippen molar-refractivity contribution in [1.29, 1.82) is 0 Å². The van der Waals surface area contributed by atoms with Crippen LogP contribution in [0.4, 0.5) is 10.8 Å². The summed E-state index contributed by atoms with van der Waals surface area (Å²) in [6.45, 7) is 4.30. The Morgan fingerprint density at radius 2 is 1.93 bits per heavy atom. The standard InChI is InChI=1S/C17H23N5O5S2/c1-11(2)14(23)19-16-20-21-17(28-16)29(25,26)22-13-8-5-4-7-12(13)15(24)18-9-6-10-27-3/h4-5,7-8,11,22H,6,9-10H2,1-3H3,(H,18,24)(H,19,20,23). The van der Waals surface area contributed by atoms with Crippen molar-refractivity contribution in [3.05, 3.63) is 29.8 Å². The van der Waals surface area contributed by atoms with E-state index in [1.54, 1.807) is 33.1 Å².